The number of anilines is 3. The maximum absolute atomic E-state index is 12.4. The van der Waals surface area contributed by atoms with Gasteiger partial charge in [0.1, 0.15) is 17.4 Å². The van der Waals surface area contributed by atoms with E-state index in [1.54, 1.807) is 19.2 Å². The second-order valence-corrected chi connectivity index (χ2v) is 7.69. The molecule has 8 heteroatoms. The fourth-order valence-corrected chi connectivity index (χ4v) is 3.74. The molecule has 30 heavy (non-hydrogen) atoms. The molecule has 0 bridgehead atoms. The Hall–Kier alpha value is -3.26. The van der Waals surface area contributed by atoms with Crippen molar-refractivity contribution < 1.29 is 9.32 Å². The molecule has 1 unspecified atom stereocenters. The quantitative estimate of drug-likeness (QED) is 0.645. The summed E-state index contributed by atoms with van der Waals surface area (Å²) in [5, 5.41) is 9.91. The molecule has 2 N–H and O–H groups in total. The molecule has 8 nitrogen and oxygen atoms in total. The molecule has 1 saturated heterocycles. The van der Waals surface area contributed by atoms with Gasteiger partial charge in [0.25, 0.3) is 0 Å². The highest BCUT2D eigenvalue weighted by Gasteiger charge is 2.24. The first-order valence-electron chi connectivity index (χ1n) is 10.2. The van der Waals surface area contributed by atoms with Crippen LogP contribution < -0.4 is 10.6 Å². The highest BCUT2D eigenvalue weighted by atomic mass is 16.5. The Labute approximate surface area is 175 Å². The summed E-state index contributed by atoms with van der Waals surface area (Å²) in [4.78, 5) is 23.7. The van der Waals surface area contributed by atoms with Crippen molar-refractivity contribution in [2.24, 2.45) is 0 Å². The lowest BCUT2D eigenvalue weighted by atomic mass is 9.94. The minimum absolute atomic E-state index is 0.0852. The molecule has 0 aliphatic carbocycles. The van der Waals surface area contributed by atoms with Crippen molar-refractivity contribution in [1.82, 2.24) is 20.0 Å². The number of amides is 1. The van der Waals surface area contributed by atoms with Gasteiger partial charge >= 0.3 is 0 Å². The van der Waals surface area contributed by atoms with Crippen LogP contribution in [0, 0.1) is 13.8 Å². The van der Waals surface area contributed by atoms with Crippen molar-refractivity contribution in [1.29, 1.82) is 0 Å². The Morgan fingerprint density at radius 1 is 1.23 bits per heavy atom. The van der Waals surface area contributed by atoms with E-state index in [1.807, 2.05) is 31.2 Å². The van der Waals surface area contributed by atoms with Crippen molar-refractivity contribution in [2.75, 3.05) is 30.3 Å². The third-order valence-corrected chi connectivity index (χ3v) is 5.21. The van der Waals surface area contributed by atoms with Crippen LogP contribution in [0.1, 0.15) is 35.8 Å². The number of hydrogen-bond donors (Lipinski definition) is 2. The predicted molar refractivity (Wildman–Crippen MR) is 115 cm³/mol. The first kappa shape index (κ1) is 20.0. The first-order chi connectivity index (χ1) is 14.6. The highest BCUT2D eigenvalue weighted by molar-refractivity contribution is 5.91. The average molecular weight is 406 g/mol. The predicted octanol–water partition coefficient (Wildman–Crippen LogP) is 3.64. The summed E-state index contributed by atoms with van der Waals surface area (Å²) in [5.41, 5.74) is 2.10. The molecule has 0 radical (unpaired) electrons. The van der Waals surface area contributed by atoms with Gasteiger partial charge in [-0.25, -0.2) is 9.97 Å². The minimum Gasteiger partial charge on any atom is -0.360 e. The molecule has 0 saturated carbocycles. The molecular weight excluding hydrogens is 380 g/mol. The minimum atomic E-state index is -0.0852. The van der Waals surface area contributed by atoms with Crippen LogP contribution in [-0.4, -0.2) is 45.6 Å². The number of pyridine rings is 2. The second-order valence-electron chi connectivity index (χ2n) is 7.69. The van der Waals surface area contributed by atoms with Crippen LogP contribution in [0.5, 0.6) is 0 Å². The Bertz CT molecular complexity index is 1020. The monoisotopic (exact) mass is 406 g/mol. The van der Waals surface area contributed by atoms with E-state index >= 15 is 0 Å². The molecule has 4 heterocycles. The van der Waals surface area contributed by atoms with Crippen LogP contribution in [0.2, 0.25) is 0 Å². The van der Waals surface area contributed by atoms with Gasteiger partial charge in [0, 0.05) is 30.4 Å². The van der Waals surface area contributed by atoms with Crippen LogP contribution >= 0.6 is 0 Å². The lowest BCUT2D eigenvalue weighted by molar-refractivity contribution is -0.117. The average Bonchev–Trinajstić information content (AvgIpc) is 3.14. The van der Waals surface area contributed by atoms with E-state index in [9.17, 15) is 4.79 Å². The lowest BCUT2D eigenvalue weighted by Gasteiger charge is -2.32. The molecule has 1 aliphatic rings. The standard InChI is InChI=1S/C22H26N6O2/c1-15-6-4-10-23-22(15)26-19-9-3-8-18(24-19)17-7-5-11-28(13-17)14-21(29)25-20-12-16(2)30-27-20/h3-4,6,8-10,12,17H,5,7,11,13-14H2,1-2H3,(H,23,24,26)(H,25,27,29). The molecule has 1 atom stereocenters. The zero-order valence-electron chi connectivity index (χ0n) is 17.3. The number of aromatic nitrogens is 3. The van der Waals surface area contributed by atoms with E-state index in [-0.39, 0.29) is 11.8 Å². The van der Waals surface area contributed by atoms with Gasteiger partial charge in [-0.15, -0.1) is 0 Å². The Balaban J connectivity index is 1.38. The van der Waals surface area contributed by atoms with Crippen molar-refractivity contribution in [2.45, 2.75) is 32.6 Å². The van der Waals surface area contributed by atoms with Gasteiger partial charge in [-0.1, -0.05) is 17.3 Å². The largest absolute Gasteiger partial charge is 0.360 e. The highest BCUT2D eigenvalue weighted by Crippen LogP contribution is 2.27. The van der Waals surface area contributed by atoms with Gasteiger partial charge < -0.3 is 15.2 Å². The lowest BCUT2D eigenvalue weighted by Crippen LogP contribution is -2.40. The Morgan fingerprint density at radius 3 is 2.93 bits per heavy atom. The molecule has 1 fully saturated rings. The third-order valence-electron chi connectivity index (χ3n) is 5.21. The zero-order chi connectivity index (χ0) is 20.9. The van der Waals surface area contributed by atoms with Crippen LogP contribution in [0.4, 0.5) is 17.5 Å². The number of nitrogens with one attached hydrogen (secondary N) is 2. The van der Waals surface area contributed by atoms with E-state index in [4.69, 9.17) is 9.51 Å². The van der Waals surface area contributed by atoms with Crippen molar-refractivity contribution in [3.05, 3.63) is 59.6 Å². The topological polar surface area (TPSA) is 96.2 Å². The summed E-state index contributed by atoms with van der Waals surface area (Å²) in [6.07, 6.45) is 3.85. The van der Waals surface area contributed by atoms with E-state index in [0.717, 1.165) is 48.8 Å². The summed E-state index contributed by atoms with van der Waals surface area (Å²) in [7, 11) is 0. The van der Waals surface area contributed by atoms with Crippen LogP contribution in [-0.2, 0) is 4.79 Å². The molecular formula is C22H26N6O2. The summed E-state index contributed by atoms with van der Waals surface area (Å²) < 4.78 is 4.99. The molecule has 4 rings (SSSR count). The number of aryl methyl sites for hydroxylation is 2. The molecule has 1 aliphatic heterocycles. The molecule has 3 aromatic heterocycles. The van der Waals surface area contributed by atoms with Crippen molar-refractivity contribution >= 4 is 23.4 Å². The van der Waals surface area contributed by atoms with E-state index in [0.29, 0.717) is 18.1 Å². The molecule has 3 aromatic rings. The number of likely N-dealkylation sites (tertiary alicyclic amines) is 1. The number of piperidine rings is 1. The van der Waals surface area contributed by atoms with Gasteiger partial charge in [0.15, 0.2) is 5.82 Å². The van der Waals surface area contributed by atoms with Crippen LogP contribution in [0.15, 0.2) is 47.1 Å². The van der Waals surface area contributed by atoms with E-state index in [1.165, 1.54) is 0 Å². The van der Waals surface area contributed by atoms with Gasteiger partial charge in [-0.2, -0.15) is 0 Å². The third kappa shape index (κ3) is 5.01. The summed E-state index contributed by atoms with van der Waals surface area (Å²) in [6, 6.07) is 11.7. The van der Waals surface area contributed by atoms with Crippen LogP contribution in [0.25, 0.3) is 0 Å². The number of carbonyl (C=O) groups is 1. The SMILES string of the molecule is Cc1cc(NC(=O)CN2CCCC(c3cccc(Nc4ncccc4C)n3)C2)no1. The van der Waals surface area contributed by atoms with Gasteiger partial charge in [0.05, 0.1) is 6.54 Å². The molecule has 0 aromatic carbocycles. The van der Waals surface area contributed by atoms with E-state index < -0.39 is 0 Å². The number of carbonyl (C=O) groups excluding carboxylic acids is 1. The first-order valence-corrected chi connectivity index (χ1v) is 10.2. The molecule has 0 spiro atoms. The number of nitrogens with zero attached hydrogens (tertiary/aromatic N) is 4. The number of hydrogen-bond acceptors (Lipinski definition) is 7. The number of rotatable bonds is 6. The Kier molecular flexibility index (Phi) is 6.04. The van der Waals surface area contributed by atoms with Crippen molar-refractivity contribution in [3.8, 4) is 0 Å². The fourth-order valence-electron chi connectivity index (χ4n) is 3.74. The summed E-state index contributed by atoms with van der Waals surface area (Å²) in [5.74, 6) is 2.92. The summed E-state index contributed by atoms with van der Waals surface area (Å²) in [6.45, 7) is 5.83. The molecule has 1 amide bonds. The second kappa shape index (κ2) is 9.04. The fraction of sp³-hybridized carbons (Fsp3) is 0.364. The van der Waals surface area contributed by atoms with Gasteiger partial charge in [0.2, 0.25) is 5.91 Å². The maximum Gasteiger partial charge on any atom is 0.239 e. The van der Waals surface area contributed by atoms with E-state index in [2.05, 4.69) is 31.7 Å². The van der Waals surface area contributed by atoms with Gasteiger partial charge in [-0.05, 0) is 57.0 Å². The summed E-state index contributed by atoms with van der Waals surface area (Å²) >= 11 is 0. The van der Waals surface area contributed by atoms with Crippen molar-refractivity contribution in [3.63, 3.8) is 0 Å². The van der Waals surface area contributed by atoms with Crippen LogP contribution in [0.3, 0.4) is 0 Å². The smallest absolute Gasteiger partial charge is 0.239 e. The maximum atomic E-state index is 12.4. The van der Waals surface area contributed by atoms with Gasteiger partial charge in [-0.3, -0.25) is 9.69 Å². The zero-order valence-corrected chi connectivity index (χ0v) is 17.3. The molecule has 156 valence electrons. The Morgan fingerprint density at radius 2 is 2.13 bits per heavy atom. The normalized spacial score (nSPS) is 16.9.